The first-order valence-corrected chi connectivity index (χ1v) is 7.16. The molecule has 0 bridgehead atoms. The summed E-state index contributed by atoms with van der Waals surface area (Å²) in [5.74, 6) is 1.26. The van der Waals surface area contributed by atoms with Crippen LogP contribution in [0.3, 0.4) is 0 Å². The first-order chi connectivity index (χ1) is 8.29. The minimum Gasteiger partial charge on any atom is -0.312 e. The van der Waals surface area contributed by atoms with Crippen LogP contribution in [0.15, 0.2) is 24.3 Å². The highest BCUT2D eigenvalue weighted by atomic mass is 35.5. The summed E-state index contributed by atoms with van der Waals surface area (Å²) in [5, 5.41) is 4.46. The van der Waals surface area contributed by atoms with Crippen LogP contribution in [0.2, 0.25) is 5.02 Å². The van der Waals surface area contributed by atoms with Gasteiger partial charge in [0, 0.05) is 10.6 Å². The SMILES string of the molecule is CC(CNC(C)(C)C)C(C)Cc1ccccc1Cl. The topological polar surface area (TPSA) is 12.0 Å². The third kappa shape index (κ3) is 5.41. The van der Waals surface area contributed by atoms with Gasteiger partial charge in [0.25, 0.3) is 0 Å². The van der Waals surface area contributed by atoms with Crippen LogP contribution in [0.5, 0.6) is 0 Å². The molecule has 0 aliphatic rings. The van der Waals surface area contributed by atoms with Gasteiger partial charge in [-0.15, -0.1) is 0 Å². The second-order valence-electron chi connectivity index (χ2n) is 6.38. The van der Waals surface area contributed by atoms with Crippen LogP contribution in [-0.4, -0.2) is 12.1 Å². The molecule has 1 aromatic rings. The molecule has 1 N–H and O–H groups in total. The van der Waals surface area contributed by atoms with Crippen molar-refractivity contribution in [3.05, 3.63) is 34.9 Å². The number of hydrogen-bond acceptors (Lipinski definition) is 1. The van der Waals surface area contributed by atoms with E-state index in [2.05, 4.69) is 52.1 Å². The van der Waals surface area contributed by atoms with Gasteiger partial charge in [0.1, 0.15) is 0 Å². The van der Waals surface area contributed by atoms with E-state index in [1.807, 2.05) is 12.1 Å². The minimum absolute atomic E-state index is 0.193. The van der Waals surface area contributed by atoms with Gasteiger partial charge < -0.3 is 5.32 Å². The zero-order valence-electron chi connectivity index (χ0n) is 12.3. The Bertz CT molecular complexity index is 368. The number of nitrogens with one attached hydrogen (secondary N) is 1. The van der Waals surface area contributed by atoms with Crippen molar-refractivity contribution in [3.8, 4) is 0 Å². The number of benzene rings is 1. The Hall–Kier alpha value is -0.530. The standard InChI is InChI=1S/C16H26ClN/c1-12(13(2)11-18-16(3,4)5)10-14-8-6-7-9-15(14)17/h6-9,12-13,18H,10-11H2,1-5H3. The summed E-state index contributed by atoms with van der Waals surface area (Å²) in [6.07, 6.45) is 1.05. The maximum absolute atomic E-state index is 6.21. The fourth-order valence-electron chi connectivity index (χ4n) is 1.88. The molecule has 102 valence electrons. The molecule has 18 heavy (non-hydrogen) atoms. The molecular weight excluding hydrogens is 242 g/mol. The maximum atomic E-state index is 6.21. The van der Waals surface area contributed by atoms with E-state index in [0.29, 0.717) is 11.8 Å². The molecule has 2 unspecified atom stereocenters. The Morgan fingerprint density at radius 1 is 1.11 bits per heavy atom. The van der Waals surface area contributed by atoms with Gasteiger partial charge in [-0.3, -0.25) is 0 Å². The van der Waals surface area contributed by atoms with Crippen LogP contribution in [-0.2, 0) is 6.42 Å². The number of hydrogen-bond donors (Lipinski definition) is 1. The molecule has 0 radical (unpaired) electrons. The average Bonchev–Trinajstić information content (AvgIpc) is 2.28. The third-order valence-corrected chi connectivity index (χ3v) is 3.79. The van der Waals surface area contributed by atoms with Crippen molar-refractivity contribution in [3.63, 3.8) is 0 Å². The van der Waals surface area contributed by atoms with E-state index >= 15 is 0 Å². The van der Waals surface area contributed by atoms with Gasteiger partial charge in [0.2, 0.25) is 0 Å². The van der Waals surface area contributed by atoms with Gasteiger partial charge in [-0.1, -0.05) is 43.6 Å². The lowest BCUT2D eigenvalue weighted by atomic mass is 9.89. The van der Waals surface area contributed by atoms with Gasteiger partial charge in [-0.05, 0) is 57.2 Å². The molecule has 0 aromatic heterocycles. The van der Waals surface area contributed by atoms with Crippen molar-refractivity contribution >= 4 is 11.6 Å². The van der Waals surface area contributed by atoms with Crippen LogP contribution >= 0.6 is 11.6 Å². The zero-order chi connectivity index (χ0) is 13.8. The molecule has 0 saturated heterocycles. The van der Waals surface area contributed by atoms with Crippen LogP contribution in [0.1, 0.15) is 40.2 Å². The highest BCUT2D eigenvalue weighted by molar-refractivity contribution is 6.31. The number of halogens is 1. The van der Waals surface area contributed by atoms with Crippen molar-refractivity contribution < 1.29 is 0 Å². The lowest BCUT2D eigenvalue weighted by Crippen LogP contribution is -2.40. The van der Waals surface area contributed by atoms with Gasteiger partial charge in [0.15, 0.2) is 0 Å². The second-order valence-corrected chi connectivity index (χ2v) is 6.79. The normalized spacial score (nSPS) is 15.4. The van der Waals surface area contributed by atoms with Crippen molar-refractivity contribution in [2.24, 2.45) is 11.8 Å². The summed E-state index contributed by atoms with van der Waals surface area (Å²) in [4.78, 5) is 0. The first-order valence-electron chi connectivity index (χ1n) is 6.78. The summed E-state index contributed by atoms with van der Waals surface area (Å²) in [5.41, 5.74) is 1.45. The largest absolute Gasteiger partial charge is 0.312 e. The molecule has 0 amide bonds. The zero-order valence-corrected chi connectivity index (χ0v) is 13.0. The summed E-state index contributed by atoms with van der Waals surface area (Å²) >= 11 is 6.21. The van der Waals surface area contributed by atoms with Crippen molar-refractivity contribution in [2.45, 2.75) is 46.6 Å². The Morgan fingerprint density at radius 3 is 2.28 bits per heavy atom. The Kier molecular flexibility index (Phi) is 5.68. The average molecular weight is 268 g/mol. The van der Waals surface area contributed by atoms with Crippen LogP contribution in [0.4, 0.5) is 0 Å². The highest BCUT2D eigenvalue weighted by Crippen LogP contribution is 2.22. The summed E-state index contributed by atoms with van der Waals surface area (Å²) < 4.78 is 0. The summed E-state index contributed by atoms with van der Waals surface area (Å²) in [6, 6.07) is 8.15. The molecule has 0 fully saturated rings. The smallest absolute Gasteiger partial charge is 0.0438 e. The molecular formula is C16H26ClN. The van der Waals surface area contributed by atoms with Crippen LogP contribution < -0.4 is 5.32 Å². The molecule has 0 aliphatic heterocycles. The van der Waals surface area contributed by atoms with E-state index in [1.54, 1.807) is 0 Å². The van der Waals surface area contributed by atoms with E-state index in [1.165, 1.54) is 5.56 Å². The molecule has 1 rings (SSSR count). The molecule has 1 aromatic carbocycles. The van der Waals surface area contributed by atoms with Gasteiger partial charge in [0.05, 0.1) is 0 Å². The second kappa shape index (κ2) is 6.58. The predicted molar refractivity (Wildman–Crippen MR) is 81.2 cm³/mol. The molecule has 0 spiro atoms. The lowest BCUT2D eigenvalue weighted by molar-refractivity contribution is 0.317. The molecule has 0 aliphatic carbocycles. The predicted octanol–water partition coefficient (Wildman–Crippen LogP) is 4.54. The van der Waals surface area contributed by atoms with Crippen molar-refractivity contribution in [1.29, 1.82) is 0 Å². The van der Waals surface area contributed by atoms with E-state index in [0.717, 1.165) is 18.0 Å². The van der Waals surface area contributed by atoms with Gasteiger partial charge in [-0.2, -0.15) is 0 Å². The lowest BCUT2D eigenvalue weighted by Gasteiger charge is -2.27. The maximum Gasteiger partial charge on any atom is 0.0438 e. The monoisotopic (exact) mass is 267 g/mol. The van der Waals surface area contributed by atoms with Gasteiger partial charge >= 0.3 is 0 Å². The van der Waals surface area contributed by atoms with E-state index in [4.69, 9.17) is 11.6 Å². The molecule has 1 nitrogen and oxygen atoms in total. The fraction of sp³-hybridized carbons (Fsp3) is 0.625. The van der Waals surface area contributed by atoms with E-state index in [-0.39, 0.29) is 5.54 Å². The van der Waals surface area contributed by atoms with E-state index < -0.39 is 0 Å². The summed E-state index contributed by atoms with van der Waals surface area (Å²) in [6.45, 7) is 12.3. The van der Waals surface area contributed by atoms with Gasteiger partial charge in [-0.25, -0.2) is 0 Å². The Morgan fingerprint density at radius 2 is 1.72 bits per heavy atom. The molecule has 2 atom stereocenters. The highest BCUT2D eigenvalue weighted by Gasteiger charge is 2.17. The first kappa shape index (κ1) is 15.5. The van der Waals surface area contributed by atoms with Crippen molar-refractivity contribution in [2.75, 3.05) is 6.54 Å². The van der Waals surface area contributed by atoms with Crippen LogP contribution in [0, 0.1) is 11.8 Å². The quantitative estimate of drug-likeness (QED) is 0.826. The van der Waals surface area contributed by atoms with E-state index in [9.17, 15) is 0 Å². The Labute approximate surface area is 117 Å². The molecule has 0 saturated carbocycles. The molecule has 0 heterocycles. The minimum atomic E-state index is 0.193. The van der Waals surface area contributed by atoms with Crippen molar-refractivity contribution in [1.82, 2.24) is 5.32 Å². The summed E-state index contributed by atoms with van der Waals surface area (Å²) in [7, 11) is 0. The third-order valence-electron chi connectivity index (χ3n) is 3.43. The Balaban J connectivity index is 2.50. The molecule has 2 heteroatoms. The van der Waals surface area contributed by atoms with Crippen LogP contribution in [0.25, 0.3) is 0 Å². The fourth-order valence-corrected chi connectivity index (χ4v) is 2.09. The number of rotatable bonds is 5.